The first kappa shape index (κ1) is 19.0. The SMILES string of the molecule is CCC1c2ccsc2CCN1C(=O)c1csc(-c2cccc(OC)c2OC)n1. The molecule has 2 aromatic heterocycles. The third kappa shape index (κ3) is 3.18. The lowest BCUT2D eigenvalue weighted by Crippen LogP contribution is -2.39. The van der Waals surface area contributed by atoms with Crippen molar-refractivity contribution < 1.29 is 14.3 Å². The van der Waals surface area contributed by atoms with E-state index >= 15 is 0 Å². The molecule has 4 rings (SSSR count). The van der Waals surface area contributed by atoms with Gasteiger partial charge in [-0.15, -0.1) is 22.7 Å². The fourth-order valence-corrected chi connectivity index (χ4v) is 5.52. The molecule has 0 saturated carbocycles. The number of benzene rings is 1. The number of fused-ring (bicyclic) bond motifs is 1. The van der Waals surface area contributed by atoms with E-state index in [1.54, 1.807) is 25.6 Å². The van der Waals surface area contributed by atoms with Crippen LogP contribution in [0.2, 0.25) is 0 Å². The Labute approximate surface area is 172 Å². The monoisotopic (exact) mass is 414 g/mol. The van der Waals surface area contributed by atoms with Gasteiger partial charge in [-0.1, -0.05) is 13.0 Å². The number of aromatic nitrogens is 1. The van der Waals surface area contributed by atoms with Crippen LogP contribution in [-0.2, 0) is 6.42 Å². The summed E-state index contributed by atoms with van der Waals surface area (Å²) >= 11 is 3.23. The summed E-state index contributed by atoms with van der Waals surface area (Å²) in [5, 5.41) is 4.71. The number of para-hydroxylation sites is 1. The Hall–Kier alpha value is -2.38. The highest BCUT2D eigenvalue weighted by Crippen LogP contribution is 2.40. The minimum absolute atomic E-state index is 0.00642. The van der Waals surface area contributed by atoms with Gasteiger partial charge in [-0.3, -0.25) is 4.79 Å². The van der Waals surface area contributed by atoms with Gasteiger partial charge in [0.1, 0.15) is 10.7 Å². The summed E-state index contributed by atoms with van der Waals surface area (Å²) in [6.45, 7) is 2.87. The lowest BCUT2D eigenvalue weighted by Gasteiger charge is -2.35. The van der Waals surface area contributed by atoms with Crippen molar-refractivity contribution in [2.45, 2.75) is 25.8 Å². The zero-order valence-corrected chi connectivity index (χ0v) is 17.7. The van der Waals surface area contributed by atoms with Crippen LogP contribution in [0, 0.1) is 0 Å². The molecule has 0 N–H and O–H groups in total. The Kier molecular flexibility index (Phi) is 5.37. The third-order valence-electron chi connectivity index (χ3n) is 5.10. The molecule has 28 heavy (non-hydrogen) atoms. The van der Waals surface area contributed by atoms with Gasteiger partial charge < -0.3 is 14.4 Å². The van der Waals surface area contributed by atoms with E-state index < -0.39 is 0 Å². The van der Waals surface area contributed by atoms with Crippen LogP contribution in [0.15, 0.2) is 35.0 Å². The van der Waals surface area contributed by atoms with E-state index in [-0.39, 0.29) is 11.9 Å². The number of ether oxygens (including phenoxy) is 2. The van der Waals surface area contributed by atoms with E-state index in [1.165, 1.54) is 21.8 Å². The second-order valence-corrected chi connectivity index (χ2v) is 8.41. The van der Waals surface area contributed by atoms with Crippen LogP contribution in [0.3, 0.4) is 0 Å². The minimum Gasteiger partial charge on any atom is -0.493 e. The number of amides is 1. The topological polar surface area (TPSA) is 51.7 Å². The highest BCUT2D eigenvalue weighted by atomic mass is 32.1. The molecule has 146 valence electrons. The van der Waals surface area contributed by atoms with Crippen LogP contribution < -0.4 is 9.47 Å². The molecular weight excluding hydrogens is 392 g/mol. The summed E-state index contributed by atoms with van der Waals surface area (Å²) in [6.07, 6.45) is 1.81. The molecule has 1 aliphatic heterocycles. The molecule has 1 amide bonds. The normalized spacial score (nSPS) is 16.0. The maximum atomic E-state index is 13.2. The number of rotatable bonds is 5. The van der Waals surface area contributed by atoms with Gasteiger partial charge in [0.2, 0.25) is 0 Å². The number of thiazole rings is 1. The van der Waals surface area contributed by atoms with Crippen LogP contribution in [0.4, 0.5) is 0 Å². The fourth-order valence-electron chi connectivity index (χ4n) is 3.78. The van der Waals surface area contributed by atoms with E-state index in [0.717, 1.165) is 30.0 Å². The zero-order chi connectivity index (χ0) is 19.7. The number of methoxy groups -OCH3 is 2. The number of thiophene rings is 1. The molecule has 0 spiro atoms. The van der Waals surface area contributed by atoms with Gasteiger partial charge in [0.25, 0.3) is 5.91 Å². The quantitative estimate of drug-likeness (QED) is 0.587. The summed E-state index contributed by atoms with van der Waals surface area (Å²) < 4.78 is 10.9. The van der Waals surface area contributed by atoms with Crippen molar-refractivity contribution in [2.75, 3.05) is 20.8 Å². The predicted octanol–water partition coefficient (Wildman–Crippen LogP) is 5.04. The van der Waals surface area contributed by atoms with Gasteiger partial charge in [-0.25, -0.2) is 4.98 Å². The molecule has 3 heterocycles. The summed E-state index contributed by atoms with van der Waals surface area (Å²) in [5.74, 6) is 1.27. The molecule has 1 aliphatic rings. The molecule has 3 aromatic rings. The average Bonchev–Trinajstić information content (AvgIpc) is 3.41. The Morgan fingerprint density at radius 3 is 2.86 bits per heavy atom. The van der Waals surface area contributed by atoms with E-state index in [1.807, 2.05) is 28.5 Å². The van der Waals surface area contributed by atoms with Crippen LogP contribution >= 0.6 is 22.7 Å². The van der Waals surface area contributed by atoms with Crippen molar-refractivity contribution in [2.24, 2.45) is 0 Å². The van der Waals surface area contributed by atoms with Crippen LogP contribution in [-0.4, -0.2) is 36.6 Å². The van der Waals surface area contributed by atoms with Crippen LogP contribution in [0.25, 0.3) is 10.6 Å². The Balaban J connectivity index is 1.64. The second-order valence-electron chi connectivity index (χ2n) is 6.55. The molecule has 0 fully saturated rings. The number of carbonyl (C=O) groups excluding carboxylic acids is 1. The fraction of sp³-hybridized carbons (Fsp3) is 0.333. The smallest absolute Gasteiger partial charge is 0.273 e. The minimum atomic E-state index is -0.00642. The Bertz CT molecular complexity index is 995. The van der Waals surface area contributed by atoms with Crippen molar-refractivity contribution in [3.63, 3.8) is 0 Å². The molecule has 0 bridgehead atoms. The standard InChI is InChI=1S/C21H22N2O3S2/c1-4-16-13-9-11-27-18(13)8-10-23(16)21(24)15-12-28-20(22-15)14-6-5-7-17(25-2)19(14)26-3/h5-7,9,11-12,16H,4,8,10H2,1-3H3. The molecule has 7 heteroatoms. The lowest BCUT2D eigenvalue weighted by atomic mass is 9.97. The van der Waals surface area contributed by atoms with Crippen molar-refractivity contribution in [3.05, 3.63) is 51.2 Å². The lowest BCUT2D eigenvalue weighted by molar-refractivity contribution is 0.0652. The van der Waals surface area contributed by atoms with Crippen molar-refractivity contribution in [1.29, 1.82) is 0 Å². The first-order chi connectivity index (χ1) is 13.7. The van der Waals surface area contributed by atoms with Gasteiger partial charge >= 0.3 is 0 Å². The van der Waals surface area contributed by atoms with Crippen molar-refractivity contribution >= 4 is 28.6 Å². The Morgan fingerprint density at radius 1 is 1.25 bits per heavy atom. The molecule has 1 unspecified atom stereocenters. The summed E-state index contributed by atoms with van der Waals surface area (Å²) in [7, 11) is 3.22. The Morgan fingerprint density at radius 2 is 2.11 bits per heavy atom. The number of nitrogens with zero attached hydrogens (tertiary/aromatic N) is 2. The van der Waals surface area contributed by atoms with Crippen LogP contribution in [0.5, 0.6) is 11.5 Å². The molecule has 1 aromatic carbocycles. The summed E-state index contributed by atoms with van der Waals surface area (Å²) in [5.41, 5.74) is 2.61. The molecule has 0 radical (unpaired) electrons. The van der Waals surface area contributed by atoms with E-state index in [2.05, 4.69) is 23.4 Å². The van der Waals surface area contributed by atoms with Crippen molar-refractivity contribution in [1.82, 2.24) is 9.88 Å². The number of hydrogen-bond acceptors (Lipinski definition) is 6. The largest absolute Gasteiger partial charge is 0.493 e. The molecule has 0 aliphatic carbocycles. The van der Waals surface area contributed by atoms with Gasteiger partial charge in [-0.05, 0) is 42.0 Å². The van der Waals surface area contributed by atoms with E-state index in [9.17, 15) is 4.79 Å². The van der Waals surface area contributed by atoms with E-state index in [0.29, 0.717) is 17.2 Å². The van der Waals surface area contributed by atoms with Gasteiger partial charge in [0, 0.05) is 16.8 Å². The van der Waals surface area contributed by atoms with Gasteiger partial charge in [0.05, 0.1) is 25.8 Å². The number of carbonyl (C=O) groups is 1. The van der Waals surface area contributed by atoms with E-state index in [4.69, 9.17) is 9.47 Å². The maximum Gasteiger partial charge on any atom is 0.273 e. The highest BCUT2D eigenvalue weighted by Gasteiger charge is 2.32. The molecule has 0 saturated heterocycles. The second kappa shape index (κ2) is 7.93. The molecular formula is C21H22N2O3S2. The van der Waals surface area contributed by atoms with Gasteiger partial charge in [0.15, 0.2) is 11.5 Å². The predicted molar refractivity (Wildman–Crippen MR) is 113 cm³/mol. The third-order valence-corrected chi connectivity index (χ3v) is 6.97. The molecule has 1 atom stereocenters. The molecule has 5 nitrogen and oxygen atoms in total. The average molecular weight is 415 g/mol. The summed E-state index contributed by atoms with van der Waals surface area (Å²) in [6, 6.07) is 7.96. The maximum absolute atomic E-state index is 13.2. The number of hydrogen-bond donors (Lipinski definition) is 0. The van der Waals surface area contributed by atoms with Crippen LogP contribution in [0.1, 0.15) is 40.3 Å². The first-order valence-electron chi connectivity index (χ1n) is 9.22. The van der Waals surface area contributed by atoms with Crippen molar-refractivity contribution in [3.8, 4) is 22.1 Å². The first-order valence-corrected chi connectivity index (χ1v) is 11.0. The highest BCUT2D eigenvalue weighted by molar-refractivity contribution is 7.13. The van der Waals surface area contributed by atoms with Gasteiger partial charge in [-0.2, -0.15) is 0 Å². The zero-order valence-electron chi connectivity index (χ0n) is 16.1. The summed E-state index contributed by atoms with van der Waals surface area (Å²) in [4.78, 5) is 21.3.